The van der Waals surface area contributed by atoms with Gasteiger partial charge >= 0.3 is 11.9 Å². The van der Waals surface area contributed by atoms with E-state index < -0.39 is 11.9 Å². The Hall–Kier alpha value is -1.47. The largest absolute Gasteiger partial charge is 0.480 e. The highest BCUT2D eigenvalue weighted by Gasteiger charge is 2.07. The number of thiazole rings is 1. The normalized spacial score (nSPS) is 10.1. The van der Waals surface area contributed by atoms with Crippen molar-refractivity contribution < 1.29 is 19.8 Å². The first-order valence-electron chi connectivity index (χ1n) is 4.20. The molecule has 1 rings (SSSR count). The zero-order chi connectivity index (χ0) is 11.3. The van der Waals surface area contributed by atoms with Crippen LogP contribution in [0.15, 0.2) is 5.38 Å². The molecule has 0 aromatic carbocycles. The van der Waals surface area contributed by atoms with E-state index in [1.54, 1.807) is 0 Å². The fraction of sp³-hybridized carbons (Fsp3) is 0.375. The van der Waals surface area contributed by atoms with Gasteiger partial charge in [-0.05, 0) is 0 Å². The molecule has 15 heavy (non-hydrogen) atoms. The second kappa shape index (κ2) is 5.42. The molecule has 0 saturated carbocycles. The van der Waals surface area contributed by atoms with Gasteiger partial charge in [0.05, 0.1) is 11.6 Å². The number of rotatable bonds is 6. The van der Waals surface area contributed by atoms with Crippen molar-refractivity contribution in [2.75, 3.05) is 13.1 Å². The molecular formula is C8H10N2O4S. The van der Waals surface area contributed by atoms with Gasteiger partial charge < -0.3 is 15.5 Å². The highest BCUT2D eigenvalue weighted by molar-refractivity contribution is 7.09. The number of aromatic nitrogens is 1. The maximum absolute atomic E-state index is 10.5. The van der Waals surface area contributed by atoms with Crippen molar-refractivity contribution in [2.45, 2.75) is 6.42 Å². The number of aliphatic carboxylic acids is 1. The lowest BCUT2D eigenvalue weighted by Crippen LogP contribution is -2.24. The molecule has 7 heteroatoms. The monoisotopic (exact) mass is 230 g/mol. The van der Waals surface area contributed by atoms with E-state index in [2.05, 4.69) is 10.3 Å². The number of hydrogen-bond acceptors (Lipinski definition) is 5. The summed E-state index contributed by atoms with van der Waals surface area (Å²) in [6.07, 6.45) is 0.533. The lowest BCUT2D eigenvalue weighted by atomic mass is 10.4. The van der Waals surface area contributed by atoms with Crippen LogP contribution >= 0.6 is 11.3 Å². The van der Waals surface area contributed by atoms with Crippen LogP contribution in [-0.4, -0.2) is 40.2 Å². The third kappa shape index (κ3) is 4.05. The van der Waals surface area contributed by atoms with Gasteiger partial charge in [-0.2, -0.15) is 0 Å². The third-order valence-corrected chi connectivity index (χ3v) is 2.47. The Morgan fingerprint density at radius 2 is 2.20 bits per heavy atom. The van der Waals surface area contributed by atoms with Crippen LogP contribution in [0.3, 0.4) is 0 Å². The fourth-order valence-electron chi connectivity index (χ4n) is 0.915. The molecule has 82 valence electrons. The standard InChI is InChI=1S/C8H10N2O4S/c11-7(12)3-9-2-1-6-10-5(4-15-6)8(13)14/h4,9H,1-3H2,(H,11,12)(H,13,14). The molecule has 6 nitrogen and oxygen atoms in total. The highest BCUT2D eigenvalue weighted by atomic mass is 32.1. The lowest BCUT2D eigenvalue weighted by molar-refractivity contribution is -0.135. The molecule has 0 radical (unpaired) electrons. The molecule has 0 aliphatic heterocycles. The van der Waals surface area contributed by atoms with E-state index in [0.29, 0.717) is 18.0 Å². The van der Waals surface area contributed by atoms with Gasteiger partial charge in [0.1, 0.15) is 0 Å². The minimum Gasteiger partial charge on any atom is -0.480 e. The average molecular weight is 230 g/mol. The molecule has 0 fully saturated rings. The van der Waals surface area contributed by atoms with Crippen molar-refractivity contribution in [1.82, 2.24) is 10.3 Å². The number of carboxylic acids is 2. The predicted molar refractivity (Wildman–Crippen MR) is 53.3 cm³/mol. The molecule has 0 unspecified atom stereocenters. The van der Waals surface area contributed by atoms with Gasteiger partial charge in [0, 0.05) is 18.3 Å². The molecule has 0 aliphatic carbocycles. The molecule has 0 aliphatic rings. The summed E-state index contributed by atoms with van der Waals surface area (Å²) < 4.78 is 0. The van der Waals surface area contributed by atoms with Crippen LogP contribution in [0.5, 0.6) is 0 Å². The summed E-state index contributed by atoms with van der Waals surface area (Å²) in [6.45, 7) is 0.371. The number of carbonyl (C=O) groups is 2. The van der Waals surface area contributed by atoms with Crippen LogP contribution in [0, 0.1) is 0 Å². The minimum absolute atomic E-state index is 0.0354. The Morgan fingerprint density at radius 3 is 2.73 bits per heavy atom. The van der Waals surface area contributed by atoms with E-state index in [1.807, 2.05) is 0 Å². The Kier molecular flexibility index (Phi) is 4.19. The first kappa shape index (κ1) is 11.6. The summed E-state index contributed by atoms with van der Waals surface area (Å²) in [5.41, 5.74) is 0.0354. The summed E-state index contributed by atoms with van der Waals surface area (Å²) in [6, 6.07) is 0. The van der Waals surface area contributed by atoms with Gasteiger partial charge in [-0.3, -0.25) is 4.79 Å². The van der Waals surface area contributed by atoms with Crippen molar-refractivity contribution in [3.63, 3.8) is 0 Å². The lowest BCUT2D eigenvalue weighted by Gasteiger charge is -1.97. The molecular weight excluding hydrogens is 220 g/mol. The van der Waals surface area contributed by atoms with Crippen molar-refractivity contribution in [1.29, 1.82) is 0 Å². The van der Waals surface area contributed by atoms with Crippen molar-refractivity contribution in [3.8, 4) is 0 Å². The van der Waals surface area contributed by atoms with E-state index >= 15 is 0 Å². The second-order valence-electron chi connectivity index (χ2n) is 2.75. The summed E-state index contributed by atoms with van der Waals surface area (Å²) in [7, 11) is 0. The number of carboxylic acid groups (broad SMARTS) is 2. The summed E-state index contributed by atoms with van der Waals surface area (Å²) in [4.78, 5) is 24.5. The first-order chi connectivity index (χ1) is 7.09. The molecule has 3 N–H and O–H groups in total. The van der Waals surface area contributed by atoms with Gasteiger partial charge in [0.25, 0.3) is 0 Å². The predicted octanol–water partition coefficient (Wildman–Crippen LogP) is 0.0580. The topological polar surface area (TPSA) is 99.5 Å². The zero-order valence-electron chi connectivity index (χ0n) is 7.77. The van der Waals surface area contributed by atoms with Gasteiger partial charge in [0.15, 0.2) is 5.69 Å². The molecule has 1 aromatic heterocycles. The molecule has 0 spiro atoms. The Bertz CT molecular complexity index is 363. The van der Waals surface area contributed by atoms with Crippen LogP contribution in [0.4, 0.5) is 0 Å². The molecule has 0 bridgehead atoms. The third-order valence-electron chi connectivity index (χ3n) is 1.56. The zero-order valence-corrected chi connectivity index (χ0v) is 8.58. The van der Waals surface area contributed by atoms with Gasteiger partial charge in [-0.25, -0.2) is 9.78 Å². The summed E-state index contributed by atoms with van der Waals surface area (Å²) in [5, 5.41) is 21.8. The van der Waals surface area contributed by atoms with Crippen molar-refractivity contribution >= 4 is 23.3 Å². The molecule has 1 heterocycles. The van der Waals surface area contributed by atoms with Crippen LogP contribution < -0.4 is 5.32 Å². The number of hydrogen-bond donors (Lipinski definition) is 3. The minimum atomic E-state index is -1.05. The van der Waals surface area contributed by atoms with Crippen LogP contribution in [0.1, 0.15) is 15.5 Å². The SMILES string of the molecule is O=C(O)CNCCc1nc(C(=O)O)cs1. The van der Waals surface area contributed by atoms with Crippen molar-refractivity contribution in [2.24, 2.45) is 0 Å². The highest BCUT2D eigenvalue weighted by Crippen LogP contribution is 2.09. The van der Waals surface area contributed by atoms with E-state index in [1.165, 1.54) is 16.7 Å². The molecule has 0 atom stereocenters. The van der Waals surface area contributed by atoms with E-state index in [4.69, 9.17) is 10.2 Å². The fourth-order valence-corrected chi connectivity index (χ4v) is 1.69. The van der Waals surface area contributed by atoms with E-state index in [-0.39, 0.29) is 12.2 Å². The van der Waals surface area contributed by atoms with Crippen LogP contribution in [-0.2, 0) is 11.2 Å². The average Bonchev–Trinajstić information content (AvgIpc) is 2.60. The van der Waals surface area contributed by atoms with E-state index in [0.717, 1.165) is 0 Å². The van der Waals surface area contributed by atoms with Crippen molar-refractivity contribution in [3.05, 3.63) is 16.1 Å². The Labute approximate surface area is 89.6 Å². The summed E-state index contributed by atoms with van der Waals surface area (Å²) in [5.74, 6) is -1.96. The Morgan fingerprint density at radius 1 is 1.47 bits per heavy atom. The molecule has 1 aromatic rings. The van der Waals surface area contributed by atoms with Gasteiger partial charge in [-0.1, -0.05) is 0 Å². The van der Waals surface area contributed by atoms with E-state index in [9.17, 15) is 9.59 Å². The smallest absolute Gasteiger partial charge is 0.355 e. The van der Waals surface area contributed by atoms with Gasteiger partial charge in [-0.15, -0.1) is 11.3 Å². The Balaban J connectivity index is 2.31. The molecule has 0 amide bonds. The number of nitrogens with one attached hydrogen (secondary N) is 1. The first-order valence-corrected chi connectivity index (χ1v) is 5.08. The maximum Gasteiger partial charge on any atom is 0.355 e. The number of nitrogens with zero attached hydrogens (tertiary/aromatic N) is 1. The van der Waals surface area contributed by atoms with Crippen LogP contribution in [0.25, 0.3) is 0 Å². The van der Waals surface area contributed by atoms with Crippen LogP contribution in [0.2, 0.25) is 0 Å². The quantitative estimate of drug-likeness (QED) is 0.597. The van der Waals surface area contributed by atoms with Gasteiger partial charge in [0.2, 0.25) is 0 Å². The second-order valence-corrected chi connectivity index (χ2v) is 3.69. The number of aromatic carboxylic acids is 1. The summed E-state index contributed by atoms with van der Waals surface area (Å²) >= 11 is 1.26. The molecule has 0 saturated heterocycles. The maximum atomic E-state index is 10.5.